The molecule has 0 N–H and O–H groups in total. The van der Waals surface area contributed by atoms with E-state index in [0.29, 0.717) is 22.2 Å². The summed E-state index contributed by atoms with van der Waals surface area (Å²) in [5.74, 6) is -0.174. The van der Waals surface area contributed by atoms with Gasteiger partial charge in [0, 0.05) is 30.1 Å². The van der Waals surface area contributed by atoms with E-state index in [4.69, 9.17) is 0 Å². The third-order valence-electron chi connectivity index (χ3n) is 5.02. The number of fused-ring (bicyclic) bond motifs is 1. The number of rotatable bonds is 5. The summed E-state index contributed by atoms with van der Waals surface area (Å²) in [5, 5.41) is 22.0. The number of nitro benzene ring substituents is 1. The first-order chi connectivity index (χ1) is 14.0. The molecule has 4 rings (SSSR count). The van der Waals surface area contributed by atoms with Crippen LogP contribution in [0.15, 0.2) is 46.0 Å². The molecule has 1 aliphatic rings. The van der Waals surface area contributed by atoms with E-state index in [1.165, 1.54) is 22.8 Å². The van der Waals surface area contributed by atoms with Crippen LogP contribution in [0.4, 0.5) is 5.69 Å². The molecule has 0 saturated carbocycles. The fraction of sp³-hybridized carbons (Fsp3) is 0.316. The molecule has 0 bridgehead atoms. The van der Waals surface area contributed by atoms with Crippen molar-refractivity contribution in [2.24, 2.45) is 7.05 Å². The zero-order chi connectivity index (χ0) is 20.5. The Labute approximate surface area is 175 Å². The van der Waals surface area contributed by atoms with Gasteiger partial charge in [0.05, 0.1) is 15.9 Å². The van der Waals surface area contributed by atoms with Gasteiger partial charge in [-0.3, -0.25) is 14.9 Å². The van der Waals surface area contributed by atoms with E-state index in [2.05, 4.69) is 28.6 Å². The van der Waals surface area contributed by atoms with Crippen molar-refractivity contribution in [1.29, 1.82) is 0 Å². The maximum absolute atomic E-state index is 13.2. The van der Waals surface area contributed by atoms with Gasteiger partial charge in [0.1, 0.15) is 6.33 Å². The van der Waals surface area contributed by atoms with Crippen molar-refractivity contribution >= 4 is 34.7 Å². The van der Waals surface area contributed by atoms with Crippen molar-refractivity contribution in [2.75, 3.05) is 6.54 Å². The van der Waals surface area contributed by atoms with Gasteiger partial charge in [-0.1, -0.05) is 6.92 Å². The first kappa shape index (κ1) is 19.6. The highest BCUT2D eigenvalue weighted by Gasteiger charge is 2.32. The molecule has 1 aliphatic heterocycles. The monoisotopic (exact) mass is 429 g/mol. The summed E-state index contributed by atoms with van der Waals surface area (Å²) in [6.07, 6.45) is 3.15. The minimum atomic E-state index is -0.458. The van der Waals surface area contributed by atoms with E-state index in [0.717, 1.165) is 24.6 Å². The predicted octanol–water partition coefficient (Wildman–Crippen LogP) is 4.09. The van der Waals surface area contributed by atoms with E-state index in [-0.39, 0.29) is 17.6 Å². The Kier molecular flexibility index (Phi) is 5.37. The van der Waals surface area contributed by atoms with Crippen molar-refractivity contribution in [3.05, 3.63) is 62.1 Å². The van der Waals surface area contributed by atoms with Crippen molar-refractivity contribution in [3.63, 3.8) is 0 Å². The van der Waals surface area contributed by atoms with Gasteiger partial charge < -0.3 is 9.47 Å². The third-order valence-corrected chi connectivity index (χ3v) is 7.13. The minimum absolute atomic E-state index is 0.00394. The van der Waals surface area contributed by atoms with Gasteiger partial charge in [-0.25, -0.2) is 0 Å². The molecule has 8 nitrogen and oxygen atoms in total. The van der Waals surface area contributed by atoms with E-state index >= 15 is 0 Å². The Balaban J connectivity index is 1.65. The summed E-state index contributed by atoms with van der Waals surface area (Å²) in [6.45, 7) is 2.68. The number of thiophene rings is 1. The molecule has 1 atom stereocenters. The highest BCUT2D eigenvalue weighted by Crippen LogP contribution is 2.38. The van der Waals surface area contributed by atoms with Gasteiger partial charge >= 0.3 is 0 Å². The standard InChI is InChI=1S/C19H19N5O3S2/c1-3-14-13-7-9-28-16(13)6-8-23(14)18(25)12-4-5-17(15(10-12)24(26)27)29-19-21-20-11-22(19)2/h4-5,7,9-11,14H,3,6,8H2,1-2H3. The fourth-order valence-corrected chi connectivity index (χ4v) is 5.37. The molecule has 0 saturated heterocycles. The van der Waals surface area contributed by atoms with Gasteiger partial charge in [0.2, 0.25) is 0 Å². The van der Waals surface area contributed by atoms with Gasteiger partial charge in [0.15, 0.2) is 5.16 Å². The first-order valence-corrected chi connectivity index (χ1v) is 10.9. The summed E-state index contributed by atoms with van der Waals surface area (Å²) in [7, 11) is 1.77. The number of aromatic nitrogens is 3. The Morgan fingerprint density at radius 3 is 2.93 bits per heavy atom. The molecule has 0 radical (unpaired) electrons. The second-order valence-electron chi connectivity index (χ2n) is 6.74. The lowest BCUT2D eigenvalue weighted by Crippen LogP contribution is -2.39. The lowest BCUT2D eigenvalue weighted by Gasteiger charge is -2.35. The quantitative estimate of drug-likeness (QED) is 0.448. The zero-order valence-corrected chi connectivity index (χ0v) is 17.6. The number of amides is 1. The van der Waals surface area contributed by atoms with E-state index in [9.17, 15) is 14.9 Å². The van der Waals surface area contributed by atoms with Crippen LogP contribution in [-0.4, -0.2) is 37.0 Å². The summed E-state index contributed by atoms with van der Waals surface area (Å²) >= 11 is 2.87. The van der Waals surface area contributed by atoms with Crippen LogP contribution in [0.3, 0.4) is 0 Å². The molecule has 3 heterocycles. The van der Waals surface area contributed by atoms with Crippen LogP contribution in [0.2, 0.25) is 0 Å². The van der Waals surface area contributed by atoms with Crippen molar-refractivity contribution < 1.29 is 9.72 Å². The highest BCUT2D eigenvalue weighted by atomic mass is 32.2. The molecule has 0 fully saturated rings. The maximum atomic E-state index is 13.2. The minimum Gasteiger partial charge on any atom is -0.331 e. The number of carbonyl (C=O) groups is 1. The summed E-state index contributed by atoms with van der Waals surface area (Å²) in [4.78, 5) is 28.0. The second kappa shape index (κ2) is 7.96. The number of nitro groups is 1. The molecule has 29 heavy (non-hydrogen) atoms. The number of benzene rings is 1. The maximum Gasteiger partial charge on any atom is 0.284 e. The largest absolute Gasteiger partial charge is 0.331 e. The molecule has 2 aromatic heterocycles. The second-order valence-corrected chi connectivity index (χ2v) is 8.75. The number of hydrogen-bond donors (Lipinski definition) is 0. The van der Waals surface area contributed by atoms with Crippen LogP contribution in [-0.2, 0) is 13.5 Å². The Morgan fingerprint density at radius 1 is 1.41 bits per heavy atom. The fourth-order valence-electron chi connectivity index (χ4n) is 3.59. The molecule has 10 heteroatoms. The van der Waals surface area contributed by atoms with Crippen molar-refractivity contribution in [2.45, 2.75) is 35.9 Å². The summed E-state index contributed by atoms with van der Waals surface area (Å²) in [5.41, 5.74) is 1.42. The van der Waals surface area contributed by atoms with Crippen molar-refractivity contribution in [3.8, 4) is 0 Å². The van der Waals surface area contributed by atoms with E-state index in [1.807, 2.05) is 4.90 Å². The van der Waals surface area contributed by atoms with E-state index < -0.39 is 4.92 Å². The molecule has 0 aliphatic carbocycles. The first-order valence-electron chi connectivity index (χ1n) is 9.17. The number of carbonyl (C=O) groups excluding carboxylic acids is 1. The topological polar surface area (TPSA) is 94.2 Å². The van der Waals surface area contributed by atoms with Crippen LogP contribution >= 0.6 is 23.1 Å². The molecule has 150 valence electrons. The molecular weight excluding hydrogens is 410 g/mol. The van der Waals surface area contributed by atoms with Crippen LogP contribution < -0.4 is 0 Å². The Bertz CT molecular complexity index is 1080. The molecule has 0 spiro atoms. The highest BCUT2D eigenvalue weighted by molar-refractivity contribution is 7.99. The summed E-state index contributed by atoms with van der Waals surface area (Å²) in [6, 6.07) is 6.73. The number of hydrogen-bond acceptors (Lipinski definition) is 7. The average molecular weight is 430 g/mol. The molecule has 1 unspecified atom stereocenters. The molecule has 1 aromatic carbocycles. The average Bonchev–Trinajstić information content (AvgIpc) is 3.35. The van der Waals surface area contributed by atoms with Crippen LogP contribution in [0.5, 0.6) is 0 Å². The van der Waals surface area contributed by atoms with Crippen LogP contribution in [0.1, 0.15) is 40.2 Å². The molecule has 1 amide bonds. The molecule has 3 aromatic rings. The number of aryl methyl sites for hydroxylation is 1. The lowest BCUT2D eigenvalue weighted by atomic mass is 9.97. The zero-order valence-electron chi connectivity index (χ0n) is 15.9. The van der Waals surface area contributed by atoms with Gasteiger partial charge in [-0.2, -0.15) is 0 Å². The predicted molar refractivity (Wildman–Crippen MR) is 110 cm³/mol. The Morgan fingerprint density at radius 2 is 2.24 bits per heavy atom. The smallest absolute Gasteiger partial charge is 0.284 e. The van der Waals surface area contributed by atoms with E-state index in [1.54, 1.807) is 35.1 Å². The normalized spacial score (nSPS) is 15.9. The SMILES string of the molecule is CCC1c2ccsc2CCN1C(=O)c1ccc(Sc2nncn2C)c([N+](=O)[O-])c1. The third kappa shape index (κ3) is 3.65. The molecular formula is C19H19N5O3S2. The summed E-state index contributed by atoms with van der Waals surface area (Å²) < 4.78 is 1.69. The van der Waals surface area contributed by atoms with Gasteiger partial charge in [0.25, 0.3) is 11.6 Å². The number of nitrogens with zero attached hydrogens (tertiary/aromatic N) is 5. The van der Waals surface area contributed by atoms with Crippen LogP contribution in [0.25, 0.3) is 0 Å². The van der Waals surface area contributed by atoms with Gasteiger partial charge in [-0.05, 0) is 53.7 Å². The lowest BCUT2D eigenvalue weighted by molar-refractivity contribution is -0.387. The Hall–Kier alpha value is -2.72. The van der Waals surface area contributed by atoms with Gasteiger partial charge in [-0.15, -0.1) is 21.5 Å². The van der Waals surface area contributed by atoms with Crippen molar-refractivity contribution in [1.82, 2.24) is 19.7 Å². The van der Waals surface area contributed by atoms with Crippen LogP contribution in [0, 0.1) is 10.1 Å².